The summed E-state index contributed by atoms with van der Waals surface area (Å²) in [5.41, 5.74) is 0. The normalized spacial score (nSPS) is 9.43. The first-order valence-corrected chi connectivity index (χ1v) is 3.60. The van der Waals surface area contributed by atoms with Crippen LogP contribution in [0.2, 0.25) is 4.34 Å². The van der Waals surface area contributed by atoms with E-state index in [1.54, 1.807) is 0 Å². The predicted octanol–water partition coefficient (Wildman–Crippen LogP) is 2.96. The second-order valence-corrected chi connectivity index (χ2v) is 3.33. The summed E-state index contributed by atoms with van der Waals surface area (Å²) in [5, 5.41) is 2.89. The molecule has 1 radical (unpaired) electrons. The smallest absolute Gasteiger partial charge is 0.0946 e. The van der Waals surface area contributed by atoms with Crippen LogP contribution < -0.4 is 0 Å². The van der Waals surface area contributed by atoms with Crippen molar-refractivity contribution in [2.45, 2.75) is 0 Å². The van der Waals surface area contributed by atoms with Crippen molar-refractivity contribution in [3.05, 3.63) is 20.3 Å². The van der Waals surface area contributed by atoms with Gasteiger partial charge in [-0.15, -0.1) is 11.3 Å². The van der Waals surface area contributed by atoms with Crippen LogP contribution in [0.5, 0.6) is 0 Å². The van der Waals surface area contributed by atoms with E-state index in [1.165, 1.54) is 11.3 Å². The van der Waals surface area contributed by atoms with Gasteiger partial charge in [0.15, 0.2) is 0 Å². The average Bonchev–Trinajstić information content (AvgIpc) is 1.87. The fourth-order valence-corrected chi connectivity index (χ4v) is 1.67. The SMILES string of the molecule is Clc1cc(Br)[c]s1. The summed E-state index contributed by atoms with van der Waals surface area (Å²) in [7, 11) is 0. The minimum Gasteiger partial charge on any atom is -0.121 e. The quantitative estimate of drug-likeness (QED) is 0.598. The lowest BCUT2D eigenvalue weighted by Crippen LogP contribution is -1.39. The Balaban J connectivity index is 3.04. The summed E-state index contributed by atoms with van der Waals surface area (Å²) in [4.78, 5) is 0. The van der Waals surface area contributed by atoms with E-state index in [2.05, 4.69) is 21.3 Å². The molecule has 0 unspecified atom stereocenters. The number of rotatable bonds is 0. The van der Waals surface area contributed by atoms with Gasteiger partial charge in [0.05, 0.1) is 9.72 Å². The summed E-state index contributed by atoms with van der Waals surface area (Å²) < 4.78 is 1.70. The van der Waals surface area contributed by atoms with E-state index in [4.69, 9.17) is 11.6 Å². The third kappa shape index (κ3) is 1.44. The second-order valence-electron chi connectivity index (χ2n) is 1.00. The zero-order chi connectivity index (χ0) is 5.28. The minimum atomic E-state index is 0.770. The molecule has 37 valence electrons. The lowest BCUT2D eigenvalue weighted by Gasteiger charge is -1.65. The van der Waals surface area contributed by atoms with Crippen LogP contribution in [-0.2, 0) is 0 Å². The third-order valence-corrected chi connectivity index (χ3v) is 2.15. The molecule has 0 aliphatic rings. The highest BCUT2D eigenvalue weighted by molar-refractivity contribution is 9.10. The molecule has 0 bridgehead atoms. The van der Waals surface area contributed by atoms with Crippen molar-refractivity contribution >= 4 is 38.9 Å². The van der Waals surface area contributed by atoms with Crippen molar-refractivity contribution in [2.24, 2.45) is 0 Å². The van der Waals surface area contributed by atoms with Crippen LogP contribution in [0.15, 0.2) is 10.5 Å². The van der Waals surface area contributed by atoms with Crippen LogP contribution in [0.3, 0.4) is 0 Å². The topological polar surface area (TPSA) is 0 Å². The second kappa shape index (κ2) is 2.16. The van der Waals surface area contributed by atoms with Crippen molar-refractivity contribution in [3.8, 4) is 0 Å². The van der Waals surface area contributed by atoms with E-state index in [0.29, 0.717) is 0 Å². The highest BCUT2D eigenvalue weighted by Crippen LogP contribution is 2.22. The fraction of sp³-hybridized carbons (Fsp3) is 0. The average molecular weight is 196 g/mol. The predicted molar refractivity (Wildman–Crippen MR) is 35.9 cm³/mol. The van der Waals surface area contributed by atoms with Gasteiger partial charge in [-0.2, -0.15) is 0 Å². The van der Waals surface area contributed by atoms with Crippen LogP contribution in [0.1, 0.15) is 0 Å². The van der Waals surface area contributed by atoms with E-state index < -0.39 is 0 Å². The molecule has 0 spiro atoms. The summed E-state index contributed by atoms with van der Waals surface area (Å²) in [6.07, 6.45) is 0. The van der Waals surface area contributed by atoms with Gasteiger partial charge in [-0.05, 0) is 22.0 Å². The van der Waals surface area contributed by atoms with Crippen molar-refractivity contribution < 1.29 is 0 Å². The Bertz CT molecular complexity index is 144. The maximum absolute atomic E-state index is 5.52. The Hall–Kier alpha value is 0.470. The lowest BCUT2D eigenvalue weighted by molar-refractivity contribution is 1.88. The molecule has 3 heteroatoms. The van der Waals surface area contributed by atoms with Gasteiger partial charge in [0, 0.05) is 4.47 Å². The van der Waals surface area contributed by atoms with Crippen molar-refractivity contribution in [2.75, 3.05) is 0 Å². The van der Waals surface area contributed by atoms with Gasteiger partial charge in [-0.25, -0.2) is 0 Å². The van der Waals surface area contributed by atoms with Gasteiger partial charge < -0.3 is 0 Å². The van der Waals surface area contributed by atoms with E-state index in [9.17, 15) is 0 Å². The first-order valence-electron chi connectivity index (χ1n) is 1.61. The fourth-order valence-electron chi connectivity index (χ4n) is 0.256. The minimum absolute atomic E-state index is 0.770. The number of hydrogen-bond acceptors (Lipinski definition) is 1. The Morgan fingerprint density at radius 1 is 1.86 bits per heavy atom. The molecule has 0 aliphatic carbocycles. The zero-order valence-electron chi connectivity index (χ0n) is 3.24. The van der Waals surface area contributed by atoms with Gasteiger partial charge in [0.2, 0.25) is 0 Å². The van der Waals surface area contributed by atoms with E-state index in [-0.39, 0.29) is 0 Å². The highest BCUT2D eigenvalue weighted by Gasteiger charge is 1.89. The summed E-state index contributed by atoms with van der Waals surface area (Å²) in [6.45, 7) is 0. The molecule has 0 aliphatic heterocycles. The van der Waals surface area contributed by atoms with Gasteiger partial charge in [0.1, 0.15) is 0 Å². The number of hydrogen-bond donors (Lipinski definition) is 0. The monoisotopic (exact) mass is 195 g/mol. The van der Waals surface area contributed by atoms with Crippen LogP contribution in [0.25, 0.3) is 0 Å². The Labute approximate surface area is 59.2 Å². The molecule has 1 aromatic heterocycles. The van der Waals surface area contributed by atoms with Crippen LogP contribution >= 0.6 is 38.9 Å². The molecule has 0 saturated carbocycles. The molecule has 0 amide bonds. The van der Waals surface area contributed by atoms with Crippen molar-refractivity contribution in [1.82, 2.24) is 0 Å². The van der Waals surface area contributed by atoms with Crippen LogP contribution in [-0.4, -0.2) is 0 Å². The molecule has 7 heavy (non-hydrogen) atoms. The Kier molecular flexibility index (Phi) is 1.73. The third-order valence-electron chi connectivity index (χ3n) is 0.486. The first-order chi connectivity index (χ1) is 3.29. The number of halogens is 2. The summed E-state index contributed by atoms with van der Waals surface area (Å²) in [6, 6.07) is 1.81. The zero-order valence-corrected chi connectivity index (χ0v) is 6.40. The molecule has 1 aromatic rings. The van der Waals surface area contributed by atoms with Crippen molar-refractivity contribution in [1.29, 1.82) is 0 Å². The summed E-state index contributed by atoms with van der Waals surface area (Å²) >= 11 is 10.1. The lowest BCUT2D eigenvalue weighted by atomic mass is 10.7. The summed E-state index contributed by atoms with van der Waals surface area (Å²) in [5.74, 6) is 0. The molecule has 1 rings (SSSR count). The van der Waals surface area contributed by atoms with Crippen LogP contribution in [0.4, 0.5) is 0 Å². The van der Waals surface area contributed by atoms with E-state index in [0.717, 1.165) is 8.81 Å². The van der Waals surface area contributed by atoms with Gasteiger partial charge >= 0.3 is 0 Å². The number of thiophene rings is 1. The molecule has 0 nitrogen and oxygen atoms in total. The molecule has 1 heterocycles. The molecular weight excluding hydrogens is 195 g/mol. The molecule has 0 N–H and O–H groups in total. The molecule has 0 aromatic carbocycles. The first kappa shape index (κ1) is 5.60. The van der Waals surface area contributed by atoms with Gasteiger partial charge in [-0.1, -0.05) is 11.6 Å². The van der Waals surface area contributed by atoms with E-state index in [1.807, 2.05) is 6.07 Å². The maximum atomic E-state index is 5.52. The maximum Gasteiger partial charge on any atom is 0.0946 e. The van der Waals surface area contributed by atoms with Gasteiger partial charge in [0.25, 0.3) is 0 Å². The standard InChI is InChI=1S/C4HBrClS/c5-3-1-4(6)7-2-3/h1H. The van der Waals surface area contributed by atoms with Gasteiger partial charge in [-0.3, -0.25) is 0 Å². The largest absolute Gasteiger partial charge is 0.121 e. The molecule has 0 saturated heterocycles. The van der Waals surface area contributed by atoms with Crippen LogP contribution in [0, 0.1) is 5.38 Å². The van der Waals surface area contributed by atoms with Crippen molar-refractivity contribution in [3.63, 3.8) is 0 Å². The molecule has 0 fully saturated rings. The Morgan fingerprint density at radius 3 is 2.71 bits per heavy atom. The Morgan fingerprint density at radius 2 is 2.57 bits per heavy atom. The van der Waals surface area contributed by atoms with E-state index >= 15 is 0 Å². The highest BCUT2D eigenvalue weighted by atomic mass is 79.9. The molecule has 0 atom stereocenters. The molecular formula is C4HBrClS.